The van der Waals surface area contributed by atoms with Crippen LogP contribution in [0.2, 0.25) is 0 Å². The van der Waals surface area contributed by atoms with Crippen LogP contribution in [0.1, 0.15) is 25.8 Å². The van der Waals surface area contributed by atoms with Crippen molar-refractivity contribution >= 4 is 46.3 Å². The number of aliphatic imine (C=N–C) groups is 1. The molecule has 0 spiro atoms. The number of benzene rings is 3. The molecule has 0 heterocycles. The molecule has 46 heavy (non-hydrogen) atoms. The van der Waals surface area contributed by atoms with Crippen molar-refractivity contribution in [1.82, 2.24) is 10.6 Å². The fourth-order valence-electron chi connectivity index (χ4n) is 4.43. The number of carboxylic acids is 1. The summed E-state index contributed by atoms with van der Waals surface area (Å²) in [5.41, 5.74) is 17.8. The van der Waals surface area contributed by atoms with Crippen LogP contribution in [0.4, 0.5) is 10.5 Å². The van der Waals surface area contributed by atoms with Gasteiger partial charge in [0.1, 0.15) is 18.7 Å². The van der Waals surface area contributed by atoms with Crippen LogP contribution >= 0.6 is 0 Å². The quantitative estimate of drug-likeness (QED) is 0.0761. The summed E-state index contributed by atoms with van der Waals surface area (Å²) < 4.78 is 5.25. The highest BCUT2D eigenvalue weighted by atomic mass is 16.7. The highest BCUT2D eigenvalue weighted by Gasteiger charge is 2.27. The van der Waals surface area contributed by atoms with Gasteiger partial charge in [-0.25, -0.2) is 4.79 Å². The lowest BCUT2D eigenvalue weighted by atomic mass is 10.0. The number of guanidine groups is 1. The summed E-state index contributed by atoms with van der Waals surface area (Å²) in [6.07, 6.45) is -0.818. The van der Waals surface area contributed by atoms with Gasteiger partial charge >= 0.3 is 12.1 Å². The molecule has 1 unspecified atom stereocenters. The van der Waals surface area contributed by atoms with Gasteiger partial charge in [-0.2, -0.15) is 5.06 Å². The van der Waals surface area contributed by atoms with Gasteiger partial charge in [0, 0.05) is 12.5 Å². The van der Waals surface area contributed by atoms with Crippen LogP contribution in [0.15, 0.2) is 77.8 Å². The molecule has 0 fully saturated rings. The van der Waals surface area contributed by atoms with E-state index in [1.807, 2.05) is 48.5 Å². The fourth-order valence-corrected chi connectivity index (χ4v) is 4.43. The lowest BCUT2D eigenvalue weighted by Crippen LogP contribution is -2.52. The van der Waals surface area contributed by atoms with Gasteiger partial charge in [0.2, 0.25) is 5.91 Å². The molecule has 0 bridgehead atoms. The van der Waals surface area contributed by atoms with Crippen LogP contribution < -0.4 is 32.9 Å². The Morgan fingerprint density at radius 3 is 2.28 bits per heavy atom. The summed E-state index contributed by atoms with van der Waals surface area (Å²) in [4.78, 5) is 60.4. The van der Waals surface area contributed by atoms with E-state index in [9.17, 15) is 24.3 Å². The second kappa shape index (κ2) is 17.3. The van der Waals surface area contributed by atoms with Crippen molar-refractivity contribution in [3.63, 3.8) is 0 Å². The molecule has 3 aromatic rings. The molecule has 0 radical (unpaired) electrons. The van der Waals surface area contributed by atoms with Gasteiger partial charge in [-0.3, -0.25) is 24.2 Å². The van der Waals surface area contributed by atoms with Gasteiger partial charge in [0.05, 0.1) is 18.8 Å². The summed E-state index contributed by atoms with van der Waals surface area (Å²) >= 11 is 0. The smallest absolute Gasteiger partial charge is 0.408 e. The number of alkyl carbamates (subject to hydrolysis) is 1. The molecular weight excluding hydrogens is 594 g/mol. The number of nitrogens with one attached hydrogen (secondary N) is 2. The summed E-state index contributed by atoms with van der Waals surface area (Å²) in [6.45, 7) is 2.86. The second-order valence-corrected chi connectivity index (χ2v) is 11.0. The summed E-state index contributed by atoms with van der Waals surface area (Å²) in [5.74, 6) is -3.55. The molecule has 3 aromatic carbocycles. The molecule has 0 aliphatic rings. The first kappa shape index (κ1) is 35.3. The molecule has 0 saturated heterocycles. The van der Waals surface area contributed by atoms with E-state index in [4.69, 9.17) is 26.8 Å². The molecule has 246 valence electrons. The van der Waals surface area contributed by atoms with Crippen molar-refractivity contribution in [2.45, 2.75) is 39.0 Å². The van der Waals surface area contributed by atoms with E-state index < -0.39 is 48.4 Å². The maximum absolute atomic E-state index is 13.6. The highest BCUT2D eigenvalue weighted by Crippen LogP contribution is 2.23. The predicted molar refractivity (Wildman–Crippen MR) is 173 cm³/mol. The molecule has 0 saturated carbocycles. The molecule has 3 atom stereocenters. The van der Waals surface area contributed by atoms with Crippen LogP contribution in [0.5, 0.6) is 0 Å². The molecule has 3 rings (SSSR count). The predicted octanol–water partition coefficient (Wildman–Crippen LogP) is 1.86. The zero-order valence-electron chi connectivity index (χ0n) is 25.8. The Morgan fingerprint density at radius 2 is 1.63 bits per heavy atom. The van der Waals surface area contributed by atoms with Gasteiger partial charge in [-0.1, -0.05) is 74.5 Å². The maximum Gasteiger partial charge on any atom is 0.408 e. The largest absolute Gasteiger partial charge is 0.480 e. The number of hydrogen-bond acceptors (Lipinski definition) is 8. The molecule has 9 N–H and O–H groups in total. The third-order valence-corrected chi connectivity index (χ3v) is 6.92. The number of aliphatic carboxylic acids is 1. The van der Waals surface area contributed by atoms with Crippen molar-refractivity contribution in [2.75, 3.05) is 24.8 Å². The van der Waals surface area contributed by atoms with E-state index in [1.54, 1.807) is 38.1 Å². The van der Waals surface area contributed by atoms with Gasteiger partial charge < -0.3 is 37.7 Å². The molecule has 0 aromatic heterocycles. The number of rotatable bonds is 16. The standard InChI is InChI=1S/C32H41N7O7/c1-20(2)28(38-32(44)45-18-21-8-4-3-5-9-21)29(41)36-17-27(40)39(25-13-12-23-10-6-7-11-24(23)15-25)46-19-22(16-37-31(34)35)14-26(33)30(42)43/h3-13,15,20,22,26,28H,14,16-19,33H2,1-2H3,(H,36,41)(H,38,44)(H,42,43)(H4,34,35,37)/t22?,26-,28-/m0/s1. The molecule has 14 heteroatoms. The number of anilines is 1. The van der Waals surface area contributed by atoms with Crippen molar-refractivity contribution in [3.05, 3.63) is 78.4 Å². The SMILES string of the molecule is CC(C)[C@H](NC(=O)OCc1ccccc1)C(=O)NCC(=O)N(OCC(CN=C(N)N)C[C@H](N)C(=O)O)c1ccc2ccccc2c1. The molecule has 0 aliphatic carbocycles. The number of nitrogens with two attached hydrogens (primary N) is 3. The molecule has 0 aliphatic heterocycles. The van der Waals surface area contributed by atoms with E-state index in [1.165, 1.54) is 0 Å². The van der Waals surface area contributed by atoms with Gasteiger partial charge in [0.25, 0.3) is 5.91 Å². The topological polar surface area (TPSA) is 225 Å². The normalized spacial score (nSPS) is 12.9. The number of amides is 3. The van der Waals surface area contributed by atoms with Crippen LogP contribution in [-0.2, 0) is 30.6 Å². The Morgan fingerprint density at radius 1 is 0.957 bits per heavy atom. The highest BCUT2D eigenvalue weighted by molar-refractivity contribution is 5.98. The van der Waals surface area contributed by atoms with Crippen LogP contribution in [0.3, 0.4) is 0 Å². The van der Waals surface area contributed by atoms with Crippen molar-refractivity contribution in [3.8, 4) is 0 Å². The minimum absolute atomic E-state index is 0.00189. The minimum Gasteiger partial charge on any atom is -0.480 e. The van der Waals surface area contributed by atoms with Crippen LogP contribution in [0.25, 0.3) is 10.8 Å². The van der Waals surface area contributed by atoms with Gasteiger partial charge in [-0.05, 0) is 40.8 Å². The summed E-state index contributed by atoms with van der Waals surface area (Å²) in [7, 11) is 0. The maximum atomic E-state index is 13.6. The Hall–Kier alpha value is -5.21. The number of carboxylic acid groups (broad SMARTS) is 1. The zero-order valence-corrected chi connectivity index (χ0v) is 25.8. The summed E-state index contributed by atoms with van der Waals surface area (Å²) in [6, 6.07) is 19.6. The fraction of sp³-hybridized carbons (Fsp3) is 0.344. The number of hydroxylamine groups is 1. The number of carbonyl (C=O) groups is 4. The Balaban J connectivity index is 1.73. The molecule has 14 nitrogen and oxygen atoms in total. The second-order valence-electron chi connectivity index (χ2n) is 11.0. The molecule has 3 amide bonds. The monoisotopic (exact) mass is 635 g/mol. The first-order valence-corrected chi connectivity index (χ1v) is 14.7. The first-order chi connectivity index (χ1) is 21.9. The number of nitrogens with zero attached hydrogens (tertiary/aromatic N) is 2. The Kier molecular flexibility index (Phi) is 13.3. The zero-order chi connectivity index (χ0) is 33.6. The third-order valence-electron chi connectivity index (χ3n) is 6.92. The first-order valence-electron chi connectivity index (χ1n) is 14.7. The minimum atomic E-state index is -1.22. The van der Waals surface area contributed by atoms with E-state index in [-0.39, 0.29) is 38.1 Å². The van der Waals surface area contributed by atoms with Gasteiger partial charge in [-0.15, -0.1) is 0 Å². The number of hydrogen-bond donors (Lipinski definition) is 6. The van der Waals surface area contributed by atoms with E-state index in [2.05, 4.69) is 15.6 Å². The lowest BCUT2D eigenvalue weighted by molar-refractivity contribution is -0.139. The van der Waals surface area contributed by atoms with E-state index in [0.717, 1.165) is 21.4 Å². The van der Waals surface area contributed by atoms with Gasteiger partial charge in [0.15, 0.2) is 5.96 Å². The Labute approximate surface area is 266 Å². The lowest BCUT2D eigenvalue weighted by Gasteiger charge is -2.26. The average Bonchev–Trinajstić information content (AvgIpc) is 3.03. The summed E-state index contributed by atoms with van der Waals surface area (Å²) in [5, 5.41) is 17.2. The van der Waals surface area contributed by atoms with Crippen molar-refractivity contribution in [1.29, 1.82) is 0 Å². The average molecular weight is 636 g/mol. The van der Waals surface area contributed by atoms with E-state index >= 15 is 0 Å². The number of carbonyl (C=O) groups excluding carboxylic acids is 3. The van der Waals surface area contributed by atoms with Crippen LogP contribution in [0, 0.1) is 11.8 Å². The van der Waals surface area contributed by atoms with Crippen molar-refractivity contribution < 1.29 is 33.9 Å². The number of ether oxygens (including phenoxy) is 1. The Bertz CT molecular complexity index is 1510. The van der Waals surface area contributed by atoms with Crippen molar-refractivity contribution in [2.24, 2.45) is 34.0 Å². The van der Waals surface area contributed by atoms with Crippen LogP contribution in [-0.4, -0.2) is 66.7 Å². The third kappa shape index (κ3) is 11.1. The number of fused-ring (bicyclic) bond motifs is 1. The molecular formula is C32H41N7O7. The van der Waals surface area contributed by atoms with E-state index in [0.29, 0.717) is 5.69 Å².